The summed E-state index contributed by atoms with van der Waals surface area (Å²) in [5, 5.41) is 6.44. The van der Waals surface area contributed by atoms with E-state index in [9.17, 15) is 4.79 Å². The van der Waals surface area contributed by atoms with Crippen molar-refractivity contribution in [3.8, 4) is 0 Å². The van der Waals surface area contributed by atoms with Crippen molar-refractivity contribution in [3.63, 3.8) is 0 Å². The molecule has 1 aromatic carbocycles. The number of rotatable bonds is 6. The van der Waals surface area contributed by atoms with E-state index in [0.29, 0.717) is 5.92 Å². The van der Waals surface area contributed by atoms with Gasteiger partial charge in [-0.05, 0) is 63.5 Å². The molecule has 1 unspecified atom stereocenters. The zero-order chi connectivity index (χ0) is 17.6. The second-order valence-corrected chi connectivity index (χ2v) is 8.60. The Kier molecular flexibility index (Phi) is 10.7. The fourth-order valence-corrected chi connectivity index (χ4v) is 4.72. The zero-order valence-electron chi connectivity index (χ0n) is 15.6. The molecular weight excluding hydrogens is 421 g/mol. The average molecular weight is 448 g/mol. The molecule has 1 aliphatic heterocycles. The van der Waals surface area contributed by atoms with Crippen LogP contribution in [0.2, 0.25) is 0 Å². The highest BCUT2D eigenvalue weighted by Gasteiger charge is 2.23. The average Bonchev–Trinajstić information content (AvgIpc) is 3.06. The van der Waals surface area contributed by atoms with Crippen LogP contribution in [0.1, 0.15) is 33.9 Å². The summed E-state index contributed by atoms with van der Waals surface area (Å²) in [7, 11) is 1.98. The second-order valence-electron chi connectivity index (χ2n) is 6.49. The molecule has 1 N–H and O–H groups in total. The number of halogens is 2. The first-order valence-electron chi connectivity index (χ1n) is 8.73. The van der Waals surface area contributed by atoms with Crippen LogP contribution < -0.4 is 5.32 Å². The second kappa shape index (κ2) is 11.9. The van der Waals surface area contributed by atoms with Crippen LogP contribution in [0.4, 0.5) is 0 Å². The summed E-state index contributed by atoms with van der Waals surface area (Å²) in [5.74, 6) is 1.60. The molecule has 1 aliphatic rings. The number of piperidine rings is 1. The third-order valence-corrected chi connectivity index (χ3v) is 6.32. The summed E-state index contributed by atoms with van der Waals surface area (Å²) in [5.41, 5.74) is 1.91. The molecule has 1 atom stereocenters. The maximum atomic E-state index is 12.7. The Morgan fingerprint density at radius 3 is 2.70 bits per heavy atom. The molecule has 1 amide bonds. The Balaban J connectivity index is 0.00000182. The molecule has 3 rings (SSSR count). The van der Waals surface area contributed by atoms with Gasteiger partial charge < -0.3 is 10.2 Å². The number of likely N-dealkylation sites (tertiary alicyclic amines) is 1. The predicted octanol–water partition coefficient (Wildman–Crippen LogP) is 4.66. The number of nitrogens with zero attached hydrogens (tertiary/aromatic N) is 2. The lowest BCUT2D eigenvalue weighted by Gasteiger charge is -2.32. The number of thiazole rings is 1. The molecule has 0 aliphatic carbocycles. The van der Waals surface area contributed by atoms with Crippen molar-refractivity contribution in [3.05, 3.63) is 45.9 Å². The van der Waals surface area contributed by atoms with E-state index in [-0.39, 0.29) is 30.7 Å². The van der Waals surface area contributed by atoms with Gasteiger partial charge in [0.25, 0.3) is 5.91 Å². The number of hydrogen-bond donors (Lipinski definition) is 1. The van der Waals surface area contributed by atoms with E-state index < -0.39 is 0 Å². The van der Waals surface area contributed by atoms with Crippen molar-refractivity contribution >= 4 is 53.8 Å². The lowest BCUT2D eigenvalue weighted by Crippen LogP contribution is -2.42. The van der Waals surface area contributed by atoms with E-state index in [4.69, 9.17) is 0 Å². The largest absolute Gasteiger partial charge is 0.338 e. The van der Waals surface area contributed by atoms with Crippen LogP contribution in [-0.2, 0) is 5.75 Å². The minimum Gasteiger partial charge on any atom is -0.338 e. The van der Waals surface area contributed by atoms with Gasteiger partial charge in [0.2, 0.25) is 0 Å². The molecule has 2 aromatic rings. The highest BCUT2D eigenvalue weighted by Crippen LogP contribution is 2.25. The Bertz CT molecular complexity index is 707. The number of thioether (sulfide) groups is 1. The maximum Gasteiger partial charge on any atom is 0.253 e. The van der Waals surface area contributed by atoms with E-state index in [2.05, 4.69) is 15.7 Å². The van der Waals surface area contributed by atoms with Crippen LogP contribution in [0.3, 0.4) is 0 Å². The number of hydrogen-bond acceptors (Lipinski definition) is 5. The summed E-state index contributed by atoms with van der Waals surface area (Å²) in [6, 6.07) is 8.01. The van der Waals surface area contributed by atoms with Gasteiger partial charge in [-0.25, -0.2) is 4.98 Å². The molecular formula is C19H27Cl2N3OS2. The van der Waals surface area contributed by atoms with E-state index in [1.165, 1.54) is 11.3 Å². The van der Waals surface area contributed by atoms with Crippen LogP contribution in [0.5, 0.6) is 0 Å². The van der Waals surface area contributed by atoms with Gasteiger partial charge in [-0.3, -0.25) is 4.79 Å². The van der Waals surface area contributed by atoms with Gasteiger partial charge in [0.1, 0.15) is 0 Å². The number of nitrogens with one attached hydrogen (secondary N) is 1. The van der Waals surface area contributed by atoms with E-state index in [1.807, 2.05) is 43.1 Å². The topological polar surface area (TPSA) is 45.2 Å². The van der Waals surface area contributed by atoms with Crippen molar-refractivity contribution in [1.29, 1.82) is 0 Å². The summed E-state index contributed by atoms with van der Waals surface area (Å²) >= 11 is 3.45. The third-order valence-electron chi connectivity index (χ3n) is 4.45. The van der Waals surface area contributed by atoms with E-state index in [0.717, 1.165) is 48.1 Å². The Morgan fingerprint density at radius 1 is 1.33 bits per heavy atom. The van der Waals surface area contributed by atoms with Gasteiger partial charge in [-0.15, -0.1) is 47.9 Å². The number of carbonyl (C=O) groups is 1. The molecule has 1 fully saturated rings. The molecule has 1 aromatic heterocycles. The van der Waals surface area contributed by atoms with Crippen LogP contribution in [0.15, 0.2) is 34.5 Å². The highest BCUT2D eigenvalue weighted by molar-refractivity contribution is 7.98. The summed E-state index contributed by atoms with van der Waals surface area (Å²) in [6.45, 7) is 4.74. The predicted molar refractivity (Wildman–Crippen MR) is 120 cm³/mol. The van der Waals surface area contributed by atoms with Gasteiger partial charge in [0.15, 0.2) is 0 Å². The number of aryl methyl sites for hydroxylation is 1. The maximum absolute atomic E-state index is 12.7. The first-order chi connectivity index (χ1) is 12.2. The van der Waals surface area contributed by atoms with Gasteiger partial charge in [-0.2, -0.15) is 0 Å². The van der Waals surface area contributed by atoms with Crippen molar-refractivity contribution in [2.75, 3.05) is 26.7 Å². The first-order valence-corrected chi connectivity index (χ1v) is 10.6. The Hall–Kier alpha value is -0.790. The molecule has 2 heterocycles. The third kappa shape index (κ3) is 6.95. The molecule has 0 saturated carbocycles. The minimum atomic E-state index is 0. The van der Waals surface area contributed by atoms with Crippen molar-refractivity contribution in [2.24, 2.45) is 5.92 Å². The van der Waals surface area contributed by atoms with Crippen LogP contribution >= 0.6 is 47.9 Å². The summed E-state index contributed by atoms with van der Waals surface area (Å²) in [6.07, 6.45) is 2.30. The van der Waals surface area contributed by atoms with Crippen molar-refractivity contribution < 1.29 is 4.79 Å². The van der Waals surface area contributed by atoms with Gasteiger partial charge >= 0.3 is 0 Å². The minimum absolute atomic E-state index is 0. The molecule has 150 valence electrons. The van der Waals surface area contributed by atoms with Crippen molar-refractivity contribution in [2.45, 2.75) is 30.4 Å². The smallest absolute Gasteiger partial charge is 0.253 e. The van der Waals surface area contributed by atoms with Gasteiger partial charge in [0.05, 0.1) is 10.7 Å². The molecule has 0 spiro atoms. The fourth-order valence-electron chi connectivity index (χ4n) is 3.21. The molecule has 0 radical (unpaired) electrons. The molecule has 27 heavy (non-hydrogen) atoms. The summed E-state index contributed by atoms with van der Waals surface area (Å²) in [4.78, 5) is 20.4. The van der Waals surface area contributed by atoms with Gasteiger partial charge in [0, 0.05) is 34.7 Å². The van der Waals surface area contributed by atoms with Crippen LogP contribution in [0, 0.1) is 12.8 Å². The Labute approximate surface area is 182 Å². The normalized spacial score (nSPS) is 16.4. The number of aromatic nitrogens is 1. The van der Waals surface area contributed by atoms with Crippen LogP contribution in [0.25, 0.3) is 0 Å². The monoisotopic (exact) mass is 447 g/mol. The SMILES string of the molecule is CNCC1CCCN(C(=O)c2ccc(SCc3csc(C)n3)cc2)C1.Cl.Cl. The molecule has 8 heteroatoms. The Morgan fingerprint density at radius 2 is 2.07 bits per heavy atom. The number of carbonyl (C=O) groups excluding carboxylic acids is 1. The first kappa shape index (κ1) is 24.2. The standard InChI is InChI=1S/C19H25N3OS2.2ClH/c1-14-21-17(12-24-14)13-25-18-7-5-16(6-8-18)19(23)22-9-3-4-15(11-22)10-20-2;;/h5-8,12,15,20H,3-4,9-11,13H2,1-2H3;2*1H. The lowest BCUT2D eigenvalue weighted by molar-refractivity contribution is 0.0674. The van der Waals surface area contributed by atoms with E-state index in [1.54, 1.807) is 23.1 Å². The molecule has 4 nitrogen and oxygen atoms in total. The van der Waals surface area contributed by atoms with Gasteiger partial charge in [-0.1, -0.05) is 0 Å². The van der Waals surface area contributed by atoms with Crippen molar-refractivity contribution in [1.82, 2.24) is 15.2 Å². The number of amides is 1. The lowest BCUT2D eigenvalue weighted by atomic mass is 9.97. The quantitative estimate of drug-likeness (QED) is 0.653. The summed E-state index contributed by atoms with van der Waals surface area (Å²) < 4.78 is 0. The number of benzene rings is 1. The zero-order valence-corrected chi connectivity index (χ0v) is 18.9. The fraction of sp³-hybridized carbons (Fsp3) is 0.474. The molecule has 1 saturated heterocycles. The molecule has 0 bridgehead atoms. The van der Waals surface area contributed by atoms with E-state index >= 15 is 0 Å². The highest BCUT2D eigenvalue weighted by atomic mass is 35.5. The van der Waals surface area contributed by atoms with Crippen LogP contribution in [-0.4, -0.2) is 42.5 Å².